The number of benzene rings is 3. The lowest BCUT2D eigenvalue weighted by Gasteiger charge is -2.12. The van der Waals surface area contributed by atoms with Gasteiger partial charge in [-0.05, 0) is 30.3 Å². The van der Waals surface area contributed by atoms with Crippen LogP contribution >= 0.6 is 11.6 Å². The summed E-state index contributed by atoms with van der Waals surface area (Å²) in [5.74, 6) is -1.38. The van der Waals surface area contributed by atoms with Crippen molar-refractivity contribution in [1.82, 2.24) is 5.32 Å². The predicted molar refractivity (Wildman–Crippen MR) is 105 cm³/mol. The van der Waals surface area contributed by atoms with Gasteiger partial charge in [0.2, 0.25) is 0 Å². The van der Waals surface area contributed by atoms with Crippen LogP contribution in [0, 0.1) is 5.82 Å². The minimum Gasteiger partial charge on any atom is -0.457 e. The molecule has 1 amide bonds. The Morgan fingerprint density at radius 2 is 1.64 bits per heavy atom. The summed E-state index contributed by atoms with van der Waals surface area (Å²) in [5, 5.41) is 2.89. The zero-order chi connectivity index (χ0) is 19.9. The minimum absolute atomic E-state index is 0.0531. The van der Waals surface area contributed by atoms with Gasteiger partial charge in [-0.15, -0.1) is 0 Å². The third kappa shape index (κ3) is 4.75. The maximum Gasteiger partial charge on any atom is 0.338 e. The number of ether oxygens (including phenoxy) is 1. The first-order valence-corrected chi connectivity index (χ1v) is 8.95. The van der Waals surface area contributed by atoms with E-state index in [2.05, 4.69) is 5.32 Å². The van der Waals surface area contributed by atoms with Crippen LogP contribution in [-0.4, -0.2) is 11.9 Å². The zero-order valence-corrected chi connectivity index (χ0v) is 15.6. The van der Waals surface area contributed by atoms with Crippen LogP contribution in [0.3, 0.4) is 0 Å². The summed E-state index contributed by atoms with van der Waals surface area (Å²) in [7, 11) is 0. The summed E-state index contributed by atoms with van der Waals surface area (Å²) in [6.07, 6.45) is 0. The van der Waals surface area contributed by atoms with E-state index >= 15 is 0 Å². The first-order chi connectivity index (χ1) is 13.6. The van der Waals surface area contributed by atoms with E-state index in [1.165, 1.54) is 12.1 Å². The Kier molecular flexibility index (Phi) is 6.40. The number of carbonyl (C=O) groups excluding carboxylic acids is 2. The lowest BCUT2D eigenvalue weighted by atomic mass is 10.1. The van der Waals surface area contributed by atoms with Gasteiger partial charge in [-0.3, -0.25) is 4.79 Å². The van der Waals surface area contributed by atoms with E-state index in [1.54, 1.807) is 60.7 Å². The van der Waals surface area contributed by atoms with Crippen LogP contribution < -0.4 is 5.32 Å². The van der Waals surface area contributed by atoms with Gasteiger partial charge in [-0.1, -0.05) is 54.1 Å². The summed E-state index contributed by atoms with van der Waals surface area (Å²) >= 11 is 5.98. The quantitative estimate of drug-likeness (QED) is 0.610. The third-order valence-corrected chi connectivity index (χ3v) is 4.47. The molecule has 0 unspecified atom stereocenters. The van der Waals surface area contributed by atoms with E-state index in [0.29, 0.717) is 16.7 Å². The standard InChI is InChI=1S/C22H17ClFNO3/c23-19-11-6-12-20(24)18(19)13-25-21(26)17-10-5-4-9-16(17)14-28-22(27)15-7-2-1-3-8-15/h1-12H,13-14H2,(H,25,26). The summed E-state index contributed by atoms with van der Waals surface area (Å²) in [4.78, 5) is 24.7. The molecule has 142 valence electrons. The van der Waals surface area contributed by atoms with Crippen LogP contribution in [0.2, 0.25) is 5.02 Å². The highest BCUT2D eigenvalue weighted by Gasteiger charge is 2.15. The van der Waals surface area contributed by atoms with Gasteiger partial charge in [-0.2, -0.15) is 0 Å². The van der Waals surface area contributed by atoms with Gasteiger partial charge in [0.05, 0.1) is 5.56 Å². The normalized spacial score (nSPS) is 10.4. The first-order valence-electron chi connectivity index (χ1n) is 8.57. The van der Waals surface area contributed by atoms with Gasteiger partial charge in [0.1, 0.15) is 12.4 Å². The number of halogens is 2. The number of hydrogen-bond donors (Lipinski definition) is 1. The monoisotopic (exact) mass is 397 g/mol. The van der Waals surface area contributed by atoms with Crippen molar-refractivity contribution in [2.75, 3.05) is 0 Å². The van der Waals surface area contributed by atoms with Crippen molar-refractivity contribution in [1.29, 1.82) is 0 Å². The SMILES string of the molecule is O=C(OCc1ccccc1C(=O)NCc1c(F)cccc1Cl)c1ccccc1. The Hall–Kier alpha value is -3.18. The van der Waals surface area contributed by atoms with E-state index in [1.807, 2.05) is 0 Å². The first kappa shape index (κ1) is 19.6. The molecule has 6 heteroatoms. The fourth-order valence-corrected chi connectivity index (χ4v) is 2.86. The van der Waals surface area contributed by atoms with E-state index in [-0.39, 0.29) is 23.7 Å². The Balaban J connectivity index is 1.67. The molecule has 3 rings (SSSR count). The molecule has 4 nitrogen and oxygen atoms in total. The van der Waals surface area contributed by atoms with Crippen molar-refractivity contribution in [2.24, 2.45) is 0 Å². The van der Waals surface area contributed by atoms with Gasteiger partial charge in [0.25, 0.3) is 5.91 Å². The molecular formula is C22H17ClFNO3. The van der Waals surface area contributed by atoms with Crippen LogP contribution in [0.15, 0.2) is 72.8 Å². The molecule has 0 bridgehead atoms. The van der Waals surface area contributed by atoms with Crippen molar-refractivity contribution in [3.63, 3.8) is 0 Å². The molecule has 0 aliphatic rings. The van der Waals surface area contributed by atoms with Gasteiger partial charge in [0, 0.05) is 28.3 Å². The molecule has 1 N–H and O–H groups in total. The molecule has 0 aliphatic carbocycles. The second-order valence-corrected chi connectivity index (χ2v) is 6.39. The van der Waals surface area contributed by atoms with Crippen LogP contribution in [0.1, 0.15) is 31.8 Å². The molecule has 0 saturated heterocycles. The maximum atomic E-state index is 13.9. The molecule has 0 aliphatic heterocycles. The molecule has 0 radical (unpaired) electrons. The smallest absolute Gasteiger partial charge is 0.338 e. The topological polar surface area (TPSA) is 55.4 Å². The van der Waals surface area contributed by atoms with Gasteiger partial charge in [-0.25, -0.2) is 9.18 Å². The Labute approximate surface area is 166 Å². The minimum atomic E-state index is -0.488. The number of rotatable bonds is 6. The molecule has 28 heavy (non-hydrogen) atoms. The average Bonchev–Trinajstić information content (AvgIpc) is 2.72. The molecule has 0 heterocycles. The number of amides is 1. The fraction of sp³-hybridized carbons (Fsp3) is 0.0909. The summed E-state index contributed by atoms with van der Waals surface area (Å²) in [6, 6.07) is 19.7. The average molecular weight is 398 g/mol. The highest BCUT2D eigenvalue weighted by molar-refractivity contribution is 6.31. The van der Waals surface area contributed by atoms with Crippen LogP contribution in [-0.2, 0) is 17.9 Å². The van der Waals surface area contributed by atoms with E-state index in [9.17, 15) is 14.0 Å². The van der Waals surface area contributed by atoms with Gasteiger partial charge >= 0.3 is 5.97 Å². The second kappa shape index (κ2) is 9.15. The van der Waals surface area contributed by atoms with E-state index < -0.39 is 17.7 Å². The third-order valence-electron chi connectivity index (χ3n) is 4.12. The van der Waals surface area contributed by atoms with Crippen molar-refractivity contribution < 1.29 is 18.7 Å². The number of hydrogen-bond acceptors (Lipinski definition) is 3. The fourth-order valence-electron chi connectivity index (χ4n) is 2.63. The van der Waals surface area contributed by atoms with Crippen LogP contribution in [0.25, 0.3) is 0 Å². The predicted octanol–water partition coefficient (Wildman–Crippen LogP) is 4.77. The van der Waals surface area contributed by atoms with Crippen molar-refractivity contribution in [2.45, 2.75) is 13.2 Å². The highest BCUT2D eigenvalue weighted by Crippen LogP contribution is 2.19. The lowest BCUT2D eigenvalue weighted by molar-refractivity contribution is 0.0470. The largest absolute Gasteiger partial charge is 0.457 e. The molecule has 0 aromatic heterocycles. The molecule has 0 spiro atoms. The molecule has 0 atom stereocenters. The molecule has 0 fully saturated rings. The Bertz CT molecular complexity index is 972. The van der Waals surface area contributed by atoms with Crippen molar-refractivity contribution >= 4 is 23.5 Å². The van der Waals surface area contributed by atoms with Gasteiger partial charge in [0.15, 0.2) is 0 Å². The Morgan fingerprint density at radius 1 is 0.929 bits per heavy atom. The number of esters is 1. The number of carbonyl (C=O) groups is 2. The maximum absolute atomic E-state index is 13.9. The van der Waals surface area contributed by atoms with E-state index in [4.69, 9.17) is 16.3 Å². The van der Waals surface area contributed by atoms with Crippen molar-refractivity contribution in [3.05, 3.63) is 106 Å². The molecule has 0 saturated carbocycles. The van der Waals surface area contributed by atoms with Gasteiger partial charge < -0.3 is 10.1 Å². The Morgan fingerprint density at radius 3 is 2.39 bits per heavy atom. The molecule has 3 aromatic rings. The summed E-state index contributed by atoms with van der Waals surface area (Å²) in [6.45, 7) is -0.111. The number of nitrogens with one attached hydrogen (secondary N) is 1. The second-order valence-electron chi connectivity index (χ2n) is 5.98. The zero-order valence-electron chi connectivity index (χ0n) is 14.8. The van der Waals surface area contributed by atoms with E-state index in [0.717, 1.165) is 0 Å². The highest BCUT2D eigenvalue weighted by atomic mass is 35.5. The lowest BCUT2D eigenvalue weighted by Crippen LogP contribution is -2.25. The van der Waals surface area contributed by atoms with Crippen molar-refractivity contribution in [3.8, 4) is 0 Å². The molecular weight excluding hydrogens is 381 g/mol. The van der Waals surface area contributed by atoms with Crippen LogP contribution in [0.4, 0.5) is 4.39 Å². The van der Waals surface area contributed by atoms with Crippen LogP contribution in [0.5, 0.6) is 0 Å². The summed E-state index contributed by atoms with van der Waals surface area (Å²) < 4.78 is 19.2. The summed E-state index contributed by atoms with van der Waals surface area (Å²) in [5.41, 5.74) is 1.53. The molecule has 3 aromatic carbocycles.